The average Bonchev–Trinajstić information content (AvgIpc) is 2.85. The Balaban J connectivity index is 2.59. The van der Waals surface area contributed by atoms with Crippen LogP contribution in [0.2, 0.25) is 0 Å². The monoisotopic (exact) mass is 314 g/mol. The SMILES string of the molecule is CNC(=O)NC(=O)C(C)OC(=O)c1csc(NC(C)=O)n1. The van der Waals surface area contributed by atoms with Gasteiger partial charge in [-0.1, -0.05) is 0 Å². The lowest BCUT2D eigenvalue weighted by Gasteiger charge is -2.11. The molecule has 0 spiro atoms. The summed E-state index contributed by atoms with van der Waals surface area (Å²) in [6, 6.07) is -0.704. The minimum atomic E-state index is -1.17. The Morgan fingerprint density at radius 2 is 2.00 bits per heavy atom. The molecule has 0 saturated carbocycles. The zero-order valence-corrected chi connectivity index (χ0v) is 12.4. The van der Waals surface area contributed by atoms with Crippen molar-refractivity contribution in [3.8, 4) is 0 Å². The van der Waals surface area contributed by atoms with Gasteiger partial charge in [0, 0.05) is 19.4 Å². The number of thiazole rings is 1. The van der Waals surface area contributed by atoms with Crippen molar-refractivity contribution in [2.75, 3.05) is 12.4 Å². The molecule has 0 aliphatic carbocycles. The van der Waals surface area contributed by atoms with Gasteiger partial charge in [-0.15, -0.1) is 11.3 Å². The van der Waals surface area contributed by atoms with Gasteiger partial charge in [-0.05, 0) is 6.92 Å². The molecule has 10 heteroatoms. The molecule has 114 valence electrons. The first-order valence-electron chi connectivity index (χ1n) is 5.80. The summed E-state index contributed by atoms with van der Waals surface area (Å²) in [5, 5.41) is 8.22. The summed E-state index contributed by atoms with van der Waals surface area (Å²) >= 11 is 1.05. The van der Waals surface area contributed by atoms with E-state index < -0.39 is 24.0 Å². The highest BCUT2D eigenvalue weighted by Gasteiger charge is 2.22. The smallest absolute Gasteiger partial charge is 0.358 e. The van der Waals surface area contributed by atoms with Crippen molar-refractivity contribution in [3.05, 3.63) is 11.1 Å². The van der Waals surface area contributed by atoms with E-state index in [1.165, 1.54) is 26.3 Å². The van der Waals surface area contributed by atoms with Crippen LogP contribution in [0.1, 0.15) is 24.3 Å². The van der Waals surface area contributed by atoms with Crippen molar-refractivity contribution in [2.24, 2.45) is 0 Å². The van der Waals surface area contributed by atoms with Crippen LogP contribution < -0.4 is 16.0 Å². The lowest BCUT2D eigenvalue weighted by Crippen LogP contribution is -2.43. The van der Waals surface area contributed by atoms with Crippen LogP contribution in [0.4, 0.5) is 9.93 Å². The van der Waals surface area contributed by atoms with Gasteiger partial charge >= 0.3 is 12.0 Å². The number of hydrogen-bond acceptors (Lipinski definition) is 7. The quantitative estimate of drug-likeness (QED) is 0.677. The largest absolute Gasteiger partial charge is 0.448 e. The van der Waals surface area contributed by atoms with Crippen LogP contribution in [0.15, 0.2) is 5.38 Å². The third kappa shape index (κ3) is 5.18. The highest BCUT2D eigenvalue weighted by Crippen LogP contribution is 2.16. The number of urea groups is 1. The number of esters is 1. The Morgan fingerprint density at radius 1 is 1.33 bits per heavy atom. The van der Waals surface area contributed by atoms with E-state index in [9.17, 15) is 19.2 Å². The Kier molecular flexibility index (Phi) is 5.79. The highest BCUT2D eigenvalue weighted by molar-refractivity contribution is 7.14. The molecule has 0 aliphatic heterocycles. The minimum Gasteiger partial charge on any atom is -0.448 e. The van der Waals surface area contributed by atoms with E-state index >= 15 is 0 Å². The van der Waals surface area contributed by atoms with Gasteiger partial charge in [0.15, 0.2) is 16.9 Å². The Bertz CT molecular complexity index is 571. The molecular formula is C11H14N4O5S. The van der Waals surface area contributed by atoms with Crippen molar-refractivity contribution in [1.29, 1.82) is 0 Å². The molecule has 0 aromatic carbocycles. The lowest BCUT2D eigenvalue weighted by molar-refractivity contribution is -0.127. The molecule has 1 rings (SSSR count). The van der Waals surface area contributed by atoms with E-state index in [1.807, 2.05) is 5.32 Å². The fourth-order valence-electron chi connectivity index (χ4n) is 1.13. The second-order valence-corrected chi connectivity index (χ2v) is 4.69. The molecule has 1 aromatic heterocycles. The molecule has 0 aliphatic rings. The first-order chi connectivity index (χ1) is 9.83. The number of anilines is 1. The van der Waals surface area contributed by atoms with E-state index in [1.54, 1.807) is 0 Å². The molecule has 0 fully saturated rings. The normalized spacial score (nSPS) is 11.2. The molecule has 4 amide bonds. The van der Waals surface area contributed by atoms with Gasteiger partial charge in [-0.3, -0.25) is 14.9 Å². The van der Waals surface area contributed by atoms with Gasteiger partial charge in [0.1, 0.15) is 0 Å². The number of ether oxygens (including phenoxy) is 1. The molecule has 3 N–H and O–H groups in total. The summed E-state index contributed by atoms with van der Waals surface area (Å²) in [6.45, 7) is 2.63. The number of amides is 4. The molecule has 0 bridgehead atoms. The van der Waals surface area contributed by atoms with Crippen LogP contribution in [0, 0.1) is 0 Å². The van der Waals surface area contributed by atoms with Gasteiger partial charge in [0.2, 0.25) is 5.91 Å². The maximum Gasteiger partial charge on any atom is 0.358 e. The van der Waals surface area contributed by atoms with Crippen LogP contribution in [0.3, 0.4) is 0 Å². The van der Waals surface area contributed by atoms with E-state index in [4.69, 9.17) is 4.74 Å². The lowest BCUT2D eigenvalue weighted by atomic mass is 10.3. The summed E-state index contributed by atoms with van der Waals surface area (Å²) in [7, 11) is 1.35. The summed E-state index contributed by atoms with van der Waals surface area (Å²) in [5.74, 6) is -1.91. The van der Waals surface area contributed by atoms with Crippen LogP contribution >= 0.6 is 11.3 Å². The number of carbonyl (C=O) groups excluding carboxylic acids is 4. The van der Waals surface area contributed by atoms with Gasteiger partial charge in [0.25, 0.3) is 5.91 Å². The third-order valence-corrected chi connectivity index (χ3v) is 2.87. The van der Waals surface area contributed by atoms with Gasteiger partial charge in [0.05, 0.1) is 0 Å². The summed E-state index contributed by atoms with van der Waals surface area (Å²) in [4.78, 5) is 48.9. The van der Waals surface area contributed by atoms with Crippen molar-refractivity contribution in [2.45, 2.75) is 20.0 Å². The van der Waals surface area contributed by atoms with Gasteiger partial charge in [-0.25, -0.2) is 14.6 Å². The first-order valence-corrected chi connectivity index (χ1v) is 6.68. The predicted octanol–water partition coefficient (Wildman–Crippen LogP) is 0.102. The van der Waals surface area contributed by atoms with Crippen LogP contribution in [-0.4, -0.2) is 42.0 Å². The van der Waals surface area contributed by atoms with Gasteiger partial charge < -0.3 is 15.4 Å². The number of aromatic nitrogens is 1. The summed E-state index contributed by atoms with van der Waals surface area (Å²) < 4.78 is 4.86. The number of nitrogens with one attached hydrogen (secondary N) is 3. The Hall–Kier alpha value is -2.49. The fraction of sp³-hybridized carbons (Fsp3) is 0.364. The van der Waals surface area contributed by atoms with E-state index in [0.717, 1.165) is 11.3 Å². The zero-order valence-electron chi connectivity index (χ0n) is 11.6. The fourth-order valence-corrected chi connectivity index (χ4v) is 1.85. The highest BCUT2D eigenvalue weighted by atomic mass is 32.1. The number of rotatable bonds is 4. The topological polar surface area (TPSA) is 126 Å². The molecule has 0 radical (unpaired) electrons. The molecular weight excluding hydrogens is 300 g/mol. The van der Waals surface area contributed by atoms with Crippen molar-refractivity contribution in [1.82, 2.24) is 15.6 Å². The number of hydrogen-bond donors (Lipinski definition) is 3. The van der Waals surface area contributed by atoms with Crippen LogP contribution in [0.5, 0.6) is 0 Å². The molecule has 1 atom stereocenters. The van der Waals surface area contributed by atoms with Crippen molar-refractivity contribution in [3.63, 3.8) is 0 Å². The van der Waals surface area contributed by atoms with E-state index in [0.29, 0.717) is 0 Å². The van der Waals surface area contributed by atoms with Crippen molar-refractivity contribution >= 4 is 40.3 Å². The second kappa shape index (κ2) is 7.33. The maximum absolute atomic E-state index is 11.7. The third-order valence-electron chi connectivity index (χ3n) is 2.11. The number of nitrogens with zero attached hydrogens (tertiary/aromatic N) is 1. The Morgan fingerprint density at radius 3 is 2.57 bits per heavy atom. The summed E-state index contributed by atoms with van der Waals surface area (Å²) in [5.41, 5.74) is -0.0386. The molecule has 0 saturated heterocycles. The minimum absolute atomic E-state index is 0.0386. The molecule has 9 nitrogen and oxygen atoms in total. The average molecular weight is 314 g/mol. The molecule has 1 aromatic rings. The predicted molar refractivity (Wildman–Crippen MR) is 73.9 cm³/mol. The van der Waals surface area contributed by atoms with E-state index in [-0.39, 0.29) is 16.7 Å². The molecule has 1 heterocycles. The first kappa shape index (κ1) is 16.6. The zero-order chi connectivity index (χ0) is 16.0. The maximum atomic E-state index is 11.7. The number of imide groups is 1. The molecule has 21 heavy (non-hydrogen) atoms. The van der Waals surface area contributed by atoms with Crippen LogP contribution in [-0.2, 0) is 14.3 Å². The Labute approximate surface area is 124 Å². The van der Waals surface area contributed by atoms with Gasteiger partial charge in [-0.2, -0.15) is 0 Å². The summed E-state index contributed by atoms with van der Waals surface area (Å²) in [6.07, 6.45) is -1.17. The van der Waals surface area contributed by atoms with E-state index in [2.05, 4.69) is 15.6 Å². The molecule has 1 unspecified atom stereocenters. The number of carbonyl (C=O) groups is 4. The standard InChI is InChI=1S/C11H14N4O5S/c1-5(8(17)15-10(19)12-3)20-9(18)7-4-21-11(14-7)13-6(2)16/h4-5H,1-3H3,(H,13,14,16)(H2,12,15,17,19). The van der Waals surface area contributed by atoms with Crippen LogP contribution in [0.25, 0.3) is 0 Å². The second-order valence-electron chi connectivity index (χ2n) is 3.83. The van der Waals surface area contributed by atoms with Crippen molar-refractivity contribution < 1.29 is 23.9 Å².